The van der Waals surface area contributed by atoms with Gasteiger partial charge in [0.2, 0.25) is 0 Å². The first-order valence-electron chi connectivity index (χ1n) is 22.9. The molecule has 2 saturated carbocycles. The quantitative estimate of drug-likeness (QED) is 0.130. The molecule has 4 aliphatic carbocycles. The van der Waals surface area contributed by atoms with Crippen LogP contribution < -0.4 is 9.47 Å². The van der Waals surface area contributed by atoms with Crippen LogP contribution in [0.15, 0.2) is 36.4 Å². The lowest BCUT2D eigenvalue weighted by Crippen LogP contribution is -2.30. The number of aliphatic hydroxyl groups is 3. The predicted molar refractivity (Wildman–Crippen MR) is 224 cm³/mol. The molecule has 0 bridgehead atoms. The number of rotatable bonds is 18. The number of fused-ring (bicyclic) bond motifs is 4. The number of unbranched alkanes of at least 4 members (excludes halogenated alkanes) is 4. The number of benzene rings is 2. The summed E-state index contributed by atoms with van der Waals surface area (Å²) < 4.78 is 23.5. The molecule has 11 atom stereocenters. The van der Waals surface area contributed by atoms with Gasteiger partial charge in [-0.1, -0.05) is 76.6 Å². The minimum atomic E-state index is -0.210. The normalized spacial score (nSPS) is 30.2. The lowest BCUT2D eigenvalue weighted by molar-refractivity contribution is -0.191. The summed E-state index contributed by atoms with van der Waals surface area (Å²) in [4.78, 5) is 0. The van der Waals surface area contributed by atoms with E-state index in [1.165, 1.54) is 60.8 Å². The molecule has 0 aromatic heterocycles. The van der Waals surface area contributed by atoms with Gasteiger partial charge in [-0.3, -0.25) is 0 Å². The van der Waals surface area contributed by atoms with Crippen LogP contribution in [0.4, 0.5) is 0 Å². The van der Waals surface area contributed by atoms with Gasteiger partial charge >= 0.3 is 0 Å². The van der Waals surface area contributed by atoms with E-state index in [2.05, 4.69) is 50.2 Å². The fourth-order valence-corrected chi connectivity index (χ4v) is 11.5. The van der Waals surface area contributed by atoms with Gasteiger partial charge in [0.25, 0.3) is 0 Å². The Bertz CT molecular complexity index is 1460. The first-order chi connectivity index (χ1) is 27.3. The fourth-order valence-electron chi connectivity index (χ4n) is 11.5. The van der Waals surface area contributed by atoms with E-state index in [9.17, 15) is 15.3 Å². The van der Waals surface area contributed by atoms with Crippen LogP contribution in [0.3, 0.4) is 0 Å². The van der Waals surface area contributed by atoms with Crippen LogP contribution in [0, 0.1) is 35.5 Å². The van der Waals surface area contributed by atoms with Crippen molar-refractivity contribution in [2.75, 3.05) is 20.8 Å². The highest BCUT2D eigenvalue weighted by molar-refractivity contribution is 5.44. The zero-order chi connectivity index (χ0) is 39.4. The maximum atomic E-state index is 11.0. The second kappa shape index (κ2) is 21.7. The van der Waals surface area contributed by atoms with Crippen molar-refractivity contribution >= 4 is 0 Å². The summed E-state index contributed by atoms with van der Waals surface area (Å²) in [5.41, 5.74) is 5.53. The lowest BCUT2D eigenvalue weighted by atomic mass is 9.73. The zero-order valence-corrected chi connectivity index (χ0v) is 35.3. The number of ether oxygens (including phenoxy) is 4. The highest BCUT2D eigenvalue weighted by Gasteiger charge is 2.46. The van der Waals surface area contributed by atoms with Crippen molar-refractivity contribution in [3.63, 3.8) is 0 Å². The summed E-state index contributed by atoms with van der Waals surface area (Å²) >= 11 is 0. The van der Waals surface area contributed by atoms with Gasteiger partial charge in [-0.15, -0.1) is 0 Å². The summed E-state index contributed by atoms with van der Waals surface area (Å²) in [6.07, 6.45) is 22.2. The molecule has 1 saturated heterocycles. The molecule has 0 amide bonds. The van der Waals surface area contributed by atoms with Crippen molar-refractivity contribution in [2.45, 2.75) is 179 Å². The molecule has 314 valence electrons. The highest BCUT2D eigenvalue weighted by atomic mass is 16.7. The molecule has 0 spiro atoms. The van der Waals surface area contributed by atoms with E-state index in [4.69, 9.17) is 18.9 Å². The molecule has 1 aliphatic heterocycles. The van der Waals surface area contributed by atoms with Crippen LogP contribution >= 0.6 is 0 Å². The Labute approximate surface area is 339 Å². The standard InChI is InChI=1S/C27H42O4.C22H34O3/c1-3-4-5-10-21(31-27-12-6-7-15-30-27)13-14-22-23-16-19-9-8-11-26(29-2)24(19)17-20(23)18-25(22)28;1-3-4-5-8-17(23)10-11-18-19-12-15-7-6-9-22(25-2)20(15)13-16(19)14-21(18)24/h8-9,11,20-23,25,27-28H,3-7,10,12-18H2,1-2H3;6-7,9,16-19,21,23-24H,3-5,8,10-14H2,1-2H3/t20-,21-,22+,23-,25+,27?;16-,17-,18+,19-,21+/m00/s1. The zero-order valence-electron chi connectivity index (χ0n) is 35.3. The molecule has 1 unspecified atom stereocenters. The van der Waals surface area contributed by atoms with Gasteiger partial charge < -0.3 is 34.3 Å². The molecule has 3 fully saturated rings. The Morgan fingerprint density at radius 3 is 1.75 bits per heavy atom. The SMILES string of the molecule is CCCCC[C@@H](CC[C@@H]1[C@H]2Cc3cccc(OC)c3C[C@H]2C[C@H]1O)OC1CCCCO1.CCCCC[C@H](O)CC[C@@H]1[C@H]2Cc3cccc(OC)c3C[C@H]2C[C@H]1O. The molecule has 0 radical (unpaired) electrons. The van der Waals surface area contributed by atoms with Crippen LogP contribution in [-0.4, -0.2) is 66.9 Å². The fraction of sp³-hybridized carbons (Fsp3) is 0.755. The van der Waals surface area contributed by atoms with E-state index in [-0.39, 0.29) is 30.7 Å². The third-order valence-corrected chi connectivity index (χ3v) is 14.5. The van der Waals surface area contributed by atoms with Gasteiger partial charge in [-0.2, -0.15) is 0 Å². The van der Waals surface area contributed by atoms with Crippen molar-refractivity contribution < 1.29 is 34.3 Å². The Morgan fingerprint density at radius 1 is 0.679 bits per heavy atom. The molecule has 2 aromatic rings. The maximum absolute atomic E-state index is 11.0. The van der Waals surface area contributed by atoms with Crippen LogP contribution in [0.5, 0.6) is 11.5 Å². The third-order valence-electron chi connectivity index (χ3n) is 14.5. The Balaban J connectivity index is 0.000000194. The van der Waals surface area contributed by atoms with Gasteiger partial charge in [0, 0.05) is 6.61 Å². The Kier molecular flexibility index (Phi) is 16.8. The second-order valence-corrected chi connectivity index (χ2v) is 18.1. The molecule has 2 aromatic carbocycles. The molecule has 56 heavy (non-hydrogen) atoms. The summed E-state index contributed by atoms with van der Waals surface area (Å²) in [5, 5.41) is 31.9. The van der Waals surface area contributed by atoms with Crippen LogP contribution in [0.2, 0.25) is 0 Å². The van der Waals surface area contributed by atoms with E-state index in [0.717, 1.165) is 114 Å². The minimum absolute atomic E-state index is 0.0179. The van der Waals surface area contributed by atoms with Gasteiger partial charge in [-0.25, -0.2) is 0 Å². The predicted octanol–water partition coefficient (Wildman–Crippen LogP) is 9.81. The largest absolute Gasteiger partial charge is 0.496 e. The average molecular weight is 777 g/mol. The number of hydrogen-bond donors (Lipinski definition) is 3. The summed E-state index contributed by atoms with van der Waals surface area (Å²) in [5.74, 6) is 5.00. The van der Waals surface area contributed by atoms with E-state index in [1.54, 1.807) is 14.2 Å². The van der Waals surface area contributed by atoms with Crippen LogP contribution in [0.1, 0.15) is 145 Å². The van der Waals surface area contributed by atoms with Crippen molar-refractivity contribution in [3.05, 3.63) is 58.7 Å². The monoisotopic (exact) mass is 777 g/mol. The molecule has 3 N–H and O–H groups in total. The van der Waals surface area contributed by atoms with Crippen molar-refractivity contribution in [1.82, 2.24) is 0 Å². The number of aliphatic hydroxyl groups excluding tert-OH is 3. The average Bonchev–Trinajstić information content (AvgIpc) is 3.69. The van der Waals surface area contributed by atoms with E-state index in [0.29, 0.717) is 35.5 Å². The van der Waals surface area contributed by atoms with Crippen LogP contribution in [-0.2, 0) is 35.2 Å². The van der Waals surface area contributed by atoms with Gasteiger partial charge in [0.15, 0.2) is 6.29 Å². The molecule has 7 nitrogen and oxygen atoms in total. The summed E-state index contributed by atoms with van der Waals surface area (Å²) in [7, 11) is 3.51. The topological polar surface area (TPSA) is 97.6 Å². The number of hydrogen-bond acceptors (Lipinski definition) is 7. The highest BCUT2D eigenvalue weighted by Crippen LogP contribution is 2.50. The van der Waals surface area contributed by atoms with Crippen LogP contribution in [0.25, 0.3) is 0 Å². The Morgan fingerprint density at radius 2 is 1.23 bits per heavy atom. The Hall–Kier alpha value is -2.16. The summed E-state index contributed by atoms with van der Waals surface area (Å²) in [6.45, 7) is 5.28. The minimum Gasteiger partial charge on any atom is -0.496 e. The van der Waals surface area contributed by atoms with E-state index >= 15 is 0 Å². The smallest absolute Gasteiger partial charge is 0.157 e. The van der Waals surface area contributed by atoms with Gasteiger partial charge in [-0.05, 0) is 166 Å². The number of methoxy groups -OCH3 is 2. The molecule has 1 heterocycles. The third kappa shape index (κ3) is 11.1. The van der Waals surface area contributed by atoms with Gasteiger partial charge in [0.1, 0.15) is 11.5 Å². The van der Waals surface area contributed by atoms with Gasteiger partial charge in [0.05, 0.1) is 38.6 Å². The first-order valence-corrected chi connectivity index (χ1v) is 22.9. The lowest BCUT2D eigenvalue weighted by Gasteiger charge is -2.33. The van der Waals surface area contributed by atoms with Crippen molar-refractivity contribution in [2.24, 2.45) is 35.5 Å². The van der Waals surface area contributed by atoms with E-state index < -0.39 is 0 Å². The molecule has 7 rings (SSSR count). The first kappa shape index (κ1) is 43.4. The summed E-state index contributed by atoms with van der Waals surface area (Å²) in [6, 6.07) is 12.8. The van der Waals surface area contributed by atoms with Crippen molar-refractivity contribution in [1.29, 1.82) is 0 Å². The molecule has 5 aliphatic rings. The van der Waals surface area contributed by atoms with E-state index in [1.807, 2.05) is 0 Å². The molecule has 7 heteroatoms. The molecular weight excluding hydrogens is 701 g/mol. The maximum Gasteiger partial charge on any atom is 0.157 e. The molecular formula is C49H76O7. The van der Waals surface area contributed by atoms with Crippen molar-refractivity contribution in [3.8, 4) is 11.5 Å². The second-order valence-electron chi connectivity index (χ2n) is 18.1.